The number of fused-ring (bicyclic) bond motifs is 1. The number of carboxylic acid groups (broad SMARTS) is 1. The van der Waals surface area contributed by atoms with Crippen molar-refractivity contribution < 1.29 is 14.6 Å². The monoisotopic (exact) mass is 481 g/mol. The van der Waals surface area contributed by atoms with E-state index in [1.165, 1.54) is 57.8 Å². The van der Waals surface area contributed by atoms with E-state index in [0.29, 0.717) is 27.8 Å². The third kappa shape index (κ3) is 8.72. The van der Waals surface area contributed by atoms with Gasteiger partial charge in [0.2, 0.25) is 0 Å². The molecule has 0 atom stereocenters. The normalized spacial score (nSPS) is 12.0. The fourth-order valence-electron chi connectivity index (χ4n) is 3.54. The number of unbranched alkanes of at least 4 members (excludes halogenated alkanes) is 8. The zero-order chi connectivity index (χ0) is 22.0. The van der Waals surface area contributed by atoms with E-state index in [1.54, 1.807) is 17.0 Å². The number of hydrogen-bond acceptors (Lipinski definition) is 4. The Kier molecular flexibility index (Phi) is 10.2. The van der Waals surface area contributed by atoms with Gasteiger partial charge >= 0.3 is 5.97 Å². The zero-order valence-electron chi connectivity index (χ0n) is 18.6. The summed E-state index contributed by atoms with van der Waals surface area (Å²) in [5.74, 6) is -1.01. The van der Waals surface area contributed by atoms with Gasteiger partial charge in [0.05, 0.1) is 6.20 Å². The van der Waals surface area contributed by atoms with E-state index in [9.17, 15) is 9.90 Å². The van der Waals surface area contributed by atoms with Crippen LogP contribution in [0.5, 0.6) is 0 Å². The number of nitrogens with zero attached hydrogens (tertiary/aromatic N) is 3. The second-order valence-corrected chi connectivity index (χ2v) is 10.0. The molecule has 0 aromatic carbocycles. The van der Waals surface area contributed by atoms with E-state index in [4.69, 9.17) is 4.74 Å². The average Bonchev–Trinajstić information content (AvgIpc) is 3.02. The minimum absolute atomic E-state index is 0.140. The van der Waals surface area contributed by atoms with Crippen LogP contribution < -0.4 is 0 Å². The zero-order valence-corrected chi connectivity index (χ0v) is 20.2. The molecule has 2 heterocycles. The van der Waals surface area contributed by atoms with Crippen LogP contribution in [0.2, 0.25) is 0 Å². The van der Waals surface area contributed by atoms with Crippen molar-refractivity contribution in [3.63, 3.8) is 0 Å². The Bertz CT molecular complexity index is 799. The smallest absolute Gasteiger partial charge is 0.339 e. The van der Waals surface area contributed by atoms with Crippen molar-refractivity contribution in [2.24, 2.45) is 5.41 Å². The van der Waals surface area contributed by atoms with Crippen molar-refractivity contribution in [1.82, 2.24) is 14.5 Å². The molecule has 0 aliphatic carbocycles. The number of carbonyl (C=O) groups is 1. The van der Waals surface area contributed by atoms with Crippen molar-refractivity contribution in [3.05, 3.63) is 22.6 Å². The first-order chi connectivity index (χ1) is 14.3. The minimum atomic E-state index is -1.01. The van der Waals surface area contributed by atoms with Crippen LogP contribution >= 0.6 is 15.9 Å². The van der Waals surface area contributed by atoms with Crippen molar-refractivity contribution >= 4 is 33.1 Å². The van der Waals surface area contributed by atoms with Crippen LogP contribution in [-0.4, -0.2) is 32.2 Å². The SMILES string of the molecule is CC(C)(C)CCCCCCCCCCCOCn1cc(C(=O)O)c2nc(Br)cnc21. The van der Waals surface area contributed by atoms with Crippen molar-refractivity contribution in [2.75, 3.05) is 6.61 Å². The topological polar surface area (TPSA) is 77.2 Å². The van der Waals surface area contributed by atoms with E-state index < -0.39 is 5.97 Å². The first-order valence-electron chi connectivity index (χ1n) is 11.1. The van der Waals surface area contributed by atoms with Crippen LogP contribution in [0, 0.1) is 5.41 Å². The van der Waals surface area contributed by atoms with Gasteiger partial charge in [-0.25, -0.2) is 14.8 Å². The van der Waals surface area contributed by atoms with Gasteiger partial charge in [0.1, 0.15) is 22.4 Å². The van der Waals surface area contributed by atoms with Crippen molar-refractivity contribution in [2.45, 2.75) is 91.7 Å². The van der Waals surface area contributed by atoms with Crippen LogP contribution in [0.3, 0.4) is 0 Å². The Hall–Kier alpha value is -1.47. The van der Waals surface area contributed by atoms with Crippen molar-refractivity contribution in [3.8, 4) is 0 Å². The molecule has 0 aliphatic heterocycles. The summed E-state index contributed by atoms with van der Waals surface area (Å²) >= 11 is 3.24. The number of hydrogen-bond donors (Lipinski definition) is 1. The van der Waals surface area contributed by atoms with E-state index >= 15 is 0 Å². The van der Waals surface area contributed by atoms with Gasteiger partial charge in [0.25, 0.3) is 0 Å². The molecular weight excluding hydrogens is 446 g/mol. The molecular formula is C23H36BrN3O3. The molecule has 2 aromatic rings. The maximum Gasteiger partial charge on any atom is 0.339 e. The highest BCUT2D eigenvalue weighted by Crippen LogP contribution is 2.23. The lowest BCUT2D eigenvalue weighted by Gasteiger charge is -2.17. The van der Waals surface area contributed by atoms with E-state index in [1.807, 2.05) is 0 Å². The summed E-state index contributed by atoms with van der Waals surface area (Å²) in [5, 5.41) is 9.35. The highest BCUT2D eigenvalue weighted by molar-refractivity contribution is 9.10. The molecule has 168 valence electrons. The number of aromatic nitrogens is 3. The van der Waals surface area contributed by atoms with Gasteiger partial charge in [-0.15, -0.1) is 0 Å². The summed E-state index contributed by atoms with van der Waals surface area (Å²) in [7, 11) is 0. The Morgan fingerprint density at radius 1 is 1.07 bits per heavy atom. The number of rotatable bonds is 14. The lowest BCUT2D eigenvalue weighted by atomic mass is 9.89. The second kappa shape index (κ2) is 12.4. The summed E-state index contributed by atoms with van der Waals surface area (Å²) < 4.78 is 7.96. The number of ether oxygens (including phenoxy) is 1. The van der Waals surface area contributed by atoms with Crippen LogP contribution in [0.25, 0.3) is 11.2 Å². The summed E-state index contributed by atoms with van der Waals surface area (Å²) in [6, 6.07) is 0. The molecule has 0 fully saturated rings. The lowest BCUT2D eigenvalue weighted by molar-refractivity contribution is 0.0691. The van der Waals surface area contributed by atoms with Gasteiger partial charge in [-0.1, -0.05) is 72.1 Å². The lowest BCUT2D eigenvalue weighted by Crippen LogP contribution is -2.04. The van der Waals surface area contributed by atoms with Gasteiger partial charge in [0.15, 0.2) is 5.65 Å². The third-order valence-corrected chi connectivity index (χ3v) is 5.59. The van der Waals surface area contributed by atoms with Crippen LogP contribution in [0.4, 0.5) is 0 Å². The molecule has 0 saturated carbocycles. The molecule has 2 aromatic heterocycles. The van der Waals surface area contributed by atoms with Gasteiger partial charge in [0, 0.05) is 12.8 Å². The third-order valence-electron chi connectivity index (χ3n) is 5.21. The Morgan fingerprint density at radius 2 is 1.67 bits per heavy atom. The summed E-state index contributed by atoms with van der Waals surface area (Å²) in [5.41, 5.74) is 1.51. The molecule has 1 N–H and O–H groups in total. The molecule has 0 bridgehead atoms. The fraction of sp³-hybridized carbons (Fsp3) is 0.696. The van der Waals surface area contributed by atoms with Gasteiger partial charge < -0.3 is 14.4 Å². The van der Waals surface area contributed by atoms with Crippen LogP contribution in [-0.2, 0) is 11.5 Å². The quantitative estimate of drug-likeness (QED) is 0.299. The molecule has 0 aliphatic rings. The average molecular weight is 482 g/mol. The predicted octanol–water partition coefficient (Wildman–Crippen LogP) is 6.81. The minimum Gasteiger partial charge on any atom is -0.478 e. The molecule has 0 saturated heterocycles. The fourth-order valence-corrected chi connectivity index (χ4v) is 3.82. The molecule has 0 spiro atoms. The largest absolute Gasteiger partial charge is 0.478 e. The predicted molar refractivity (Wildman–Crippen MR) is 124 cm³/mol. The van der Waals surface area contributed by atoms with E-state index in [0.717, 1.165) is 6.42 Å². The second-order valence-electron chi connectivity index (χ2n) is 9.21. The molecule has 0 unspecified atom stereocenters. The number of aromatic carboxylic acids is 1. The highest BCUT2D eigenvalue weighted by Gasteiger charge is 2.17. The Balaban J connectivity index is 1.55. The Labute approximate surface area is 188 Å². The highest BCUT2D eigenvalue weighted by atomic mass is 79.9. The Morgan fingerprint density at radius 3 is 2.27 bits per heavy atom. The molecule has 6 nitrogen and oxygen atoms in total. The molecule has 0 amide bonds. The van der Waals surface area contributed by atoms with Crippen molar-refractivity contribution in [1.29, 1.82) is 0 Å². The maximum absolute atomic E-state index is 11.4. The van der Waals surface area contributed by atoms with Gasteiger partial charge in [-0.3, -0.25) is 0 Å². The standard InChI is InChI=1S/C23H36BrN3O3/c1-23(2,3)13-11-9-7-5-4-6-8-10-12-14-30-17-27-16-18(22(28)29)20-21(27)25-15-19(24)26-20/h15-16H,4-14,17H2,1-3H3,(H,28,29). The first-order valence-corrected chi connectivity index (χ1v) is 11.9. The number of carboxylic acids is 1. The van der Waals surface area contributed by atoms with Gasteiger partial charge in [-0.2, -0.15) is 0 Å². The summed E-state index contributed by atoms with van der Waals surface area (Å²) in [6.07, 6.45) is 15.9. The van der Waals surface area contributed by atoms with Gasteiger partial charge in [-0.05, 0) is 34.2 Å². The molecule has 7 heteroatoms. The summed E-state index contributed by atoms with van der Waals surface area (Å²) in [6.45, 7) is 7.90. The molecule has 2 rings (SSSR count). The number of halogens is 1. The van der Waals surface area contributed by atoms with E-state index in [2.05, 4.69) is 46.7 Å². The molecule has 0 radical (unpaired) electrons. The maximum atomic E-state index is 11.4. The van der Waals surface area contributed by atoms with Crippen LogP contribution in [0.1, 0.15) is 95.3 Å². The summed E-state index contributed by atoms with van der Waals surface area (Å²) in [4.78, 5) is 19.9. The van der Waals surface area contributed by atoms with E-state index in [-0.39, 0.29) is 12.3 Å². The first kappa shape index (κ1) is 24.8. The molecule has 30 heavy (non-hydrogen) atoms. The van der Waals surface area contributed by atoms with Crippen LogP contribution in [0.15, 0.2) is 17.0 Å².